The number of esters is 1. The lowest BCUT2D eigenvalue weighted by atomic mass is 9.67. The number of ketones is 1. The zero-order valence-electron chi connectivity index (χ0n) is 11.5. The summed E-state index contributed by atoms with van der Waals surface area (Å²) in [5, 5.41) is 0. The van der Waals surface area contributed by atoms with Gasteiger partial charge in [0, 0.05) is 12.0 Å². The van der Waals surface area contributed by atoms with E-state index in [-0.39, 0.29) is 23.9 Å². The van der Waals surface area contributed by atoms with Crippen molar-refractivity contribution in [3.05, 3.63) is 0 Å². The molecule has 19 heavy (non-hydrogen) atoms. The van der Waals surface area contributed by atoms with Gasteiger partial charge in [-0.05, 0) is 42.9 Å². The minimum atomic E-state index is -0.152. The first kappa shape index (κ1) is 11.9. The third-order valence-corrected chi connectivity index (χ3v) is 6.08. The monoisotopic (exact) mass is 263 g/mol. The van der Waals surface area contributed by atoms with Crippen LogP contribution in [-0.2, 0) is 14.3 Å². The van der Waals surface area contributed by atoms with Crippen molar-refractivity contribution in [2.45, 2.75) is 44.6 Å². The van der Waals surface area contributed by atoms with Gasteiger partial charge in [-0.2, -0.15) is 0 Å². The number of ether oxygens (including phenoxy) is 1. The van der Waals surface area contributed by atoms with Crippen LogP contribution in [0.5, 0.6) is 0 Å². The Kier molecular flexibility index (Phi) is 2.25. The standard InChI is InChI=1S/C15H21NO3/c1-10-4-14-6-11(14)7-15(14,5-10)16-8-12(17)2-3-19-13(18)9-16/h10-11H,2-9H2,1H3. The van der Waals surface area contributed by atoms with Crippen molar-refractivity contribution in [3.8, 4) is 0 Å². The number of cyclic esters (lactones) is 1. The topological polar surface area (TPSA) is 46.6 Å². The molecule has 0 radical (unpaired) electrons. The van der Waals surface area contributed by atoms with Gasteiger partial charge in [-0.25, -0.2) is 0 Å². The van der Waals surface area contributed by atoms with Gasteiger partial charge in [0.05, 0.1) is 19.7 Å². The van der Waals surface area contributed by atoms with Crippen molar-refractivity contribution in [3.63, 3.8) is 0 Å². The molecule has 3 saturated carbocycles. The number of rotatable bonds is 1. The Morgan fingerprint density at radius 1 is 1.16 bits per heavy atom. The van der Waals surface area contributed by atoms with Crippen LogP contribution in [-0.4, -0.2) is 41.9 Å². The van der Waals surface area contributed by atoms with Gasteiger partial charge in [-0.15, -0.1) is 0 Å². The van der Waals surface area contributed by atoms with Gasteiger partial charge in [0.2, 0.25) is 0 Å². The molecule has 0 bridgehead atoms. The second-order valence-electron chi connectivity index (χ2n) is 7.17. The highest BCUT2D eigenvalue weighted by molar-refractivity contribution is 5.83. The Hall–Kier alpha value is -0.900. The lowest BCUT2D eigenvalue weighted by Gasteiger charge is -2.52. The third-order valence-electron chi connectivity index (χ3n) is 6.08. The minimum absolute atomic E-state index is 0.142. The average Bonchev–Trinajstić information content (AvgIpc) is 2.80. The zero-order chi connectivity index (χ0) is 13.3. The van der Waals surface area contributed by atoms with E-state index in [1.807, 2.05) is 0 Å². The molecule has 4 aliphatic rings. The van der Waals surface area contributed by atoms with E-state index in [1.165, 1.54) is 19.3 Å². The van der Waals surface area contributed by atoms with Gasteiger partial charge >= 0.3 is 5.97 Å². The van der Waals surface area contributed by atoms with E-state index in [0.29, 0.717) is 24.9 Å². The van der Waals surface area contributed by atoms with Crippen LogP contribution >= 0.6 is 0 Å². The molecule has 104 valence electrons. The smallest absolute Gasteiger partial charge is 0.320 e. The number of carbonyl (C=O) groups excluding carboxylic acids is 2. The third kappa shape index (κ3) is 1.44. The summed E-state index contributed by atoms with van der Waals surface area (Å²) in [7, 11) is 0. The molecule has 0 aromatic carbocycles. The van der Waals surface area contributed by atoms with Gasteiger partial charge in [-0.3, -0.25) is 14.5 Å². The summed E-state index contributed by atoms with van der Waals surface area (Å²) in [5.41, 5.74) is 0.593. The molecule has 4 rings (SSSR count). The van der Waals surface area contributed by atoms with Crippen molar-refractivity contribution in [2.75, 3.05) is 19.7 Å². The lowest BCUT2D eigenvalue weighted by molar-refractivity contribution is -0.154. The molecule has 0 aromatic rings. The van der Waals surface area contributed by atoms with Crippen LogP contribution < -0.4 is 0 Å². The van der Waals surface area contributed by atoms with Gasteiger partial charge in [0.15, 0.2) is 0 Å². The maximum absolute atomic E-state index is 11.9. The van der Waals surface area contributed by atoms with E-state index in [2.05, 4.69) is 11.8 Å². The van der Waals surface area contributed by atoms with Gasteiger partial charge < -0.3 is 4.74 Å². The Bertz CT molecular complexity index is 444. The summed E-state index contributed by atoms with van der Waals surface area (Å²) in [6.07, 6.45) is 5.33. The maximum Gasteiger partial charge on any atom is 0.320 e. The van der Waals surface area contributed by atoms with Crippen LogP contribution in [0.1, 0.15) is 39.0 Å². The van der Waals surface area contributed by atoms with Crippen molar-refractivity contribution < 1.29 is 14.3 Å². The van der Waals surface area contributed by atoms with Crippen LogP contribution in [0, 0.1) is 17.3 Å². The molecule has 4 unspecified atom stereocenters. The van der Waals surface area contributed by atoms with Crippen LogP contribution in [0.4, 0.5) is 0 Å². The highest BCUT2D eigenvalue weighted by Crippen LogP contribution is 2.81. The van der Waals surface area contributed by atoms with Crippen LogP contribution in [0.3, 0.4) is 0 Å². The summed E-state index contributed by atoms with van der Waals surface area (Å²) in [6.45, 7) is 3.35. The molecule has 4 nitrogen and oxygen atoms in total. The maximum atomic E-state index is 11.9. The fourth-order valence-corrected chi connectivity index (χ4v) is 5.40. The normalized spacial score (nSPS) is 49.5. The molecule has 1 saturated heterocycles. The Morgan fingerprint density at radius 3 is 2.74 bits per heavy atom. The first-order valence-corrected chi connectivity index (χ1v) is 7.48. The molecule has 4 heteroatoms. The summed E-state index contributed by atoms with van der Waals surface area (Å²) in [6, 6.07) is 0. The Labute approximate surface area is 113 Å². The molecule has 1 aliphatic heterocycles. The lowest BCUT2D eigenvalue weighted by Crippen LogP contribution is -2.61. The number of carbonyl (C=O) groups is 2. The quantitative estimate of drug-likeness (QED) is 0.671. The molecule has 1 heterocycles. The van der Waals surface area contributed by atoms with Crippen molar-refractivity contribution in [2.24, 2.45) is 17.3 Å². The molecule has 0 N–H and O–H groups in total. The van der Waals surface area contributed by atoms with Crippen molar-refractivity contribution in [1.82, 2.24) is 4.90 Å². The minimum Gasteiger partial charge on any atom is -0.464 e. The van der Waals surface area contributed by atoms with Crippen LogP contribution in [0.25, 0.3) is 0 Å². The van der Waals surface area contributed by atoms with Crippen molar-refractivity contribution in [1.29, 1.82) is 0 Å². The Morgan fingerprint density at radius 2 is 2.00 bits per heavy atom. The second kappa shape index (κ2) is 3.60. The molecule has 4 atom stereocenters. The van der Waals surface area contributed by atoms with Crippen LogP contribution in [0.2, 0.25) is 0 Å². The molecule has 3 aliphatic carbocycles. The largest absolute Gasteiger partial charge is 0.464 e. The average molecular weight is 263 g/mol. The predicted octanol–water partition coefficient (Wildman–Crippen LogP) is 1.38. The van der Waals surface area contributed by atoms with E-state index in [1.54, 1.807) is 0 Å². The molecular formula is C15H21NO3. The van der Waals surface area contributed by atoms with Crippen molar-refractivity contribution >= 4 is 11.8 Å². The SMILES string of the molecule is CC1CC23CC2CC3(N2CC(=O)CCOC(=O)C2)C1. The Balaban J connectivity index is 1.63. The van der Waals surface area contributed by atoms with Gasteiger partial charge in [0.25, 0.3) is 0 Å². The first-order valence-electron chi connectivity index (χ1n) is 7.48. The second-order valence-corrected chi connectivity index (χ2v) is 7.17. The molecule has 4 fully saturated rings. The molecule has 0 aromatic heterocycles. The molecule has 0 amide bonds. The van der Waals surface area contributed by atoms with Crippen LogP contribution in [0.15, 0.2) is 0 Å². The van der Waals surface area contributed by atoms with E-state index < -0.39 is 0 Å². The predicted molar refractivity (Wildman–Crippen MR) is 68.4 cm³/mol. The zero-order valence-corrected chi connectivity index (χ0v) is 11.5. The summed E-state index contributed by atoms with van der Waals surface area (Å²) < 4.78 is 5.12. The van der Waals surface area contributed by atoms with E-state index >= 15 is 0 Å². The highest BCUT2D eigenvalue weighted by Gasteiger charge is 2.80. The summed E-state index contributed by atoms with van der Waals surface area (Å²) in [4.78, 5) is 25.9. The molecule has 1 spiro atoms. The number of nitrogens with zero attached hydrogens (tertiary/aromatic N) is 1. The first-order chi connectivity index (χ1) is 9.06. The van der Waals surface area contributed by atoms with E-state index in [4.69, 9.17) is 4.74 Å². The highest BCUT2D eigenvalue weighted by atomic mass is 16.5. The summed E-state index contributed by atoms with van der Waals surface area (Å²) in [5.74, 6) is 1.67. The van der Waals surface area contributed by atoms with Gasteiger partial charge in [0.1, 0.15) is 5.78 Å². The number of Topliss-reactive ketones (excluding diaryl/α,β-unsaturated/α-hetero) is 1. The fraction of sp³-hybridized carbons (Fsp3) is 0.867. The number of hydrogen-bond donors (Lipinski definition) is 0. The molecular weight excluding hydrogens is 242 g/mol. The van der Waals surface area contributed by atoms with Gasteiger partial charge in [-0.1, -0.05) is 6.92 Å². The number of hydrogen-bond acceptors (Lipinski definition) is 4. The van der Waals surface area contributed by atoms with E-state index in [0.717, 1.165) is 18.3 Å². The fourth-order valence-electron chi connectivity index (χ4n) is 5.40. The summed E-state index contributed by atoms with van der Waals surface area (Å²) >= 11 is 0. The van der Waals surface area contributed by atoms with E-state index in [9.17, 15) is 9.59 Å².